The second kappa shape index (κ2) is 9.63. The smallest absolute Gasteiger partial charge is 0.266 e. The highest BCUT2D eigenvalue weighted by Crippen LogP contribution is 2.27. The number of benzene rings is 3. The van der Waals surface area contributed by atoms with E-state index in [0.717, 1.165) is 28.9 Å². The summed E-state index contributed by atoms with van der Waals surface area (Å²) in [4.78, 5) is 31.3. The maximum Gasteiger partial charge on any atom is 0.266 e. The summed E-state index contributed by atoms with van der Waals surface area (Å²) in [6, 6.07) is 21.1. The number of thioether (sulfide) groups is 1. The molecule has 3 aromatic carbocycles. The van der Waals surface area contributed by atoms with Gasteiger partial charge in [-0.1, -0.05) is 61.2 Å². The maximum atomic E-state index is 13.4. The van der Waals surface area contributed by atoms with Crippen molar-refractivity contribution < 1.29 is 4.79 Å². The quantitative estimate of drug-likeness (QED) is 0.299. The molecule has 0 bridgehead atoms. The van der Waals surface area contributed by atoms with Crippen LogP contribution in [0.25, 0.3) is 16.6 Å². The fourth-order valence-corrected chi connectivity index (χ4v) is 4.67. The van der Waals surface area contributed by atoms with Crippen molar-refractivity contribution in [3.63, 3.8) is 0 Å². The molecule has 0 aliphatic carbocycles. The predicted octanol–water partition coefficient (Wildman–Crippen LogP) is 5.68. The van der Waals surface area contributed by atoms with Crippen molar-refractivity contribution in [2.75, 3.05) is 5.32 Å². The van der Waals surface area contributed by atoms with Crippen LogP contribution >= 0.6 is 11.8 Å². The largest absolute Gasteiger partial charge is 0.325 e. The summed E-state index contributed by atoms with van der Waals surface area (Å²) in [6.45, 7) is 7.88. The van der Waals surface area contributed by atoms with Gasteiger partial charge >= 0.3 is 0 Å². The Morgan fingerprint density at radius 3 is 2.33 bits per heavy atom. The van der Waals surface area contributed by atoms with E-state index in [9.17, 15) is 9.59 Å². The zero-order valence-electron chi connectivity index (χ0n) is 19.3. The number of amides is 1. The summed E-state index contributed by atoms with van der Waals surface area (Å²) >= 11 is 1.28. The first-order valence-electron chi connectivity index (χ1n) is 11.0. The van der Waals surface area contributed by atoms with Crippen molar-refractivity contribution >= 4 is 34.3 Å². The molecule has 1 N–H and O–H groups in total. The number of hydrogen-bond acceptors (Lipinski definition) is 4. The first-order valence-corrected chi connectivity index (χ1v) is 11.9. The Balaban J connectivity index is 1.73. The molecule has 0 spiro atoms. The Bertz CT molecular complexity index is 1360. The minimum atomic E-state index is -0.460. The van der Waals surface area contributed by atoms with Gasteiger partial charge in [-0.2, -0.15) is 0 Å². The van der Waals surface area contributed by atoms with E-state index in [1.165, 1.54) is 17.3 Å². The molecule has 168 valence electrons. The van der Waals surface area contributed by atoms with Crippen LogP contribution in [0.15, 0.2) is 76.7 Å². The summed E-state index contributed by atoms with van der Waals surface area (Å²) in [5.41, 5.74) is 5.25. The van der Waals surface area contributed by atoms with E-state index in [4.69, 9.17) is 4.98 Å². The highest BCUT2D eigenvalue weighted by Gasteiger charge is 2.21. The van der Waals surface area contributed by atoms with Gasteiger partial charge in [0.15, 0.2) is 5.16 Å². The lowest BCUT2D eigenvalue weighted by molar-refractivity contribution is -0.115. The van der Waals surface area contributed by atoms with E-state index in [0.29, 0.717) is 16.1 Å². The number of fused-ring (bicyclic) bond motifs is 1. The predicted molar refractivity (Wildman–Crippen MR) is 137 cm³/mol. The zero-order chi connectivity index (χ0) is 23.5. The molecule has 0 saturated carbocycles. The number of para-hydroxylation sites is 2. The average Bonchev–Trinajstić information content (AvgIpc) is 2.82. The summed E-state index contributed by atoms with van der Waals surface area (Å²) in [5.74, 6) is -0.132. The molecule has 6 heteroatoms. The van der Waals surface area contributed by atoms with Gasteiger partial charge in [-0.05, 0) is 68.1 Å². The van der Waals surface area contributed by atoms with Gasteiger partial charge in [0.2, 0.25) is 5.91 Å². The van der Waals surface area contributed by atoms with E-state index >= 15 is 0 Å². The number of carbonyl (C=O) groups excluding carboxylic acids is 1. The third kappa shape index (κ3) is 4.71. The van der Waals surface area contributed by atoms with Crippen molar-refractivity contribution in [1.82, 2.24) is 9.55 Å². The lowest BCUT2D eigenvalue weighted by Crippen LogP contribution is -2.26. The highest BCUT2D eigenvalue weighted by atomic mass is 32.2. The van der Waals surface area contributed by atoms with Gasteiger partial charge in [-0.15, -0.1) is 0 Å². The summed E-state index contributed by atoms with van der Waals surface area (Å²) < 4.78 is 1.61. The first-order chi connectivity index (χ1) is 15.9. The van der Waals surface area contributed by atoms with Crippen LogP contribution < -0.4 is 10.9 Å². The summed E-state index contributed by atoms with van der Waals surface area (Å²) in [7, 11) is 0. The van der Waals surface area contributed by atoms with E-state index in [-0.39, 0.29) is 11.5 Å². The normalized spacial score (nSPS) is 12.0. The molecule has 1 unspecified atom stereocenters. The van der Waals surface area contributed by atoms with Crippen molar-refractivity contribution in [2.24, 2.45) is 0 Å². The molecule has 5 nitrogen and oxygen atoms in total. The number of anilines is 1. The van der Waals surface area contributed by atoms with Gasteiger partial charge in [0.1, 0.15) is 0 Å². The Kier molecular flexibility index (Phi) is 6.65. The molecule has 0 radical (unpaired) electrons. The number of nitrogens with zero attached hydrogens (tertiary/aromatic N) is 2. The number of aryl methyl sites for hydroxylation is 3. The van der Waals surface area contributed by atoms with E-state index < -0.39 is 5.25 Å². The van der Waals surface area contributed by atoms with Crippen LogP contribution in [0.5, 0.6) is 0 Å². The summed E-state index contributed by atoms with van der Waals surface area (Å²) in [6.07, 6.45) is 0.919. The van der Waals surface area contributed by atoms with Gasteiger partial charge < -0.3 is 5.32 Å². The molecule has 1 amide bonds. The molecular weight excluding hydrogens is 430 g/mol. The topological polar surface area (TPSA) is 64.0 Å². The van der Waals surface area contributed by atoms with Gasteiger partial charge in [-0.25, -0.2) is 4.98 Å². The number of aromatic nitrogens is 2. The monoisotopic (exact) mass is 457 g/mol. The van der Waals surface area contributed by atoms with Gasteiger partial charge in [0.05, 0.1) is 21.8 Å². The Labute approximate surface area is 197 Å². The second-order valence-electron chi connectivity index (χ2n) is 8.09. The number of hydrogen-bond donors (Lipinski definition) is 1. The molecule has 0 aliphatic rings. The van der Waals surface area contributed by atoms with Crippen LogP contribution in [0.3, 0.4) is 0 Å². The fourth-order valence-electron chi connectivity index (χ4n) is 3.75. The molecule has 0 aliphatic heterocycles. The number of rotatable bonds is 6. The minimum Gasteiger partial charge on any atom is -0.325 e. The van der Waals surface area contributed by atoms with Crippen LogP contribution in [0.4, 0.5) is 5.69 Å². The molecule has 4 aromatic rings. The van der Waals surface area contributed by atoms with Crippen LogP contribution in [0.1, 0.15) is 30.5 Å². The van der Waals surface area contributed by atoms with Crippen LogP contribution in [0.2, 0.25) is 0 Å². The number of nitrogens with one attached hydrogen (secondary N) is 1. The molecule has 1 atom stereocenters. The standard InChI is InChI=1S/C27H27N3O2S/c1-5-20-13-15-21(16-14-20)30-26(32)22-11-6-7-12-23(22)28-27(30)33-19(4)25(31)29-24-17(2)9-8-10-18(24)3/h6-16,19H,5H2,1-4H3,(H,29,31). The third-order valence-electron chi connectivity index (χ3n) is 5.73. The van der Waals surface area contributed by atoms with Crippen molar-refractivity contribution in [2.45, 2.75) is 44.5 Å². The van der Waals surface area contributed by atoms with Gasteiger partial charge in [-0.3, -0.25) is 14.2 Å². The molecule has 4 rings (SSSR count). The van der Waals surface area contributed by atoms with E-state index in [1.54, 1.807) is 10.6 Å². The van der Waals surface area contributed by atoms with Crippen molar-refractivity contribution in [3.8, 4) is 5.69 Å². The van der Waals surface area contributed by atoms with E-state index in [1.807, 2.05) is 81.4 Å². The van der Waals surface area contributed by atoms with Gasteiger partial charge in [0.25, 0.3) is 5.56 Å². The number of carbonyl (C=O) groups is 1. The average molecular weight is 458 g/mol. The van der Waals surface area contributed by atoms with Crippen molar-refractivity contribution in [1.29, 1.82) is 0 Å². The Hall–Kier alpha value is -3.38. The lowest BCUT2D eigenvalue weighted by atomic mass is 10.1. The van der Waals surface area contributed by atoms with Crippen LogP contribution in [-0.4, -0.2) is 20.7 Å². The molecule has 0 saturated heterocycles. The second-order valence-corrected chi connectivity index (χ2v) is 9.40. The van der Waals surface area contributed by atoms with Crippen molar-refractivity contribution in [3.05, 3.63) is 93.8 Å². The lowest BCUT2D eigenvalue weighted by Gasteiger charge is -2.18. The molecule has 1 aromatic heterocycles. The Morgan fingerprint density at radius 2 is 1.67 bits per heavy atom. The fraction of sp³-hybridized carbons (Fsp3) is 0.222. The summed E-state index contributed by atoms with van der Waals surface area (Å²) in [5, 5.41) is 3.63. The zero-order valence-corrected chi connectivity index (χ0v) is 20.1. The third-order valence-corrected chi connectivity index (χ3v) is 6.78. The molecule has 1 heterocycles. The SMILES string of the molecule is CCc1ccc(-n2c(SC(C)C(=O)Nc3c(C)cccc3C)nc3ccccc3c2=O)cc1. The van der Waals surface area contributed by atoms with Crippen LogP contribution in [-0.2, 0) is 11.2 Å². The molecule has 33 heavy (non-hydrogen) atoms. The minimum absolute atomic E-state index is 0.132. The molecule has 0 fully saturated rings. The molecular formula is C27H27N3O2S. The van der Waals surface area contributed by atoms with Gasteiger partial charge in [0, 0.05) is 5.69 Å². The van der Waals surface area contributed by atoms with Crippen LogP contribution in [0, 0.1) is 13.8 Å². The maximum absolute atomic E-state index is 13.4. The van der Waals surface area contributed by atoms with E-state index in [2.05, 4.69) is 12.2 Å². The Morgan fingerprint density at radius 1 is 1.00 bits per heavy atom. The highest BCUT2D eigenvalue weighted by molar-refractivity contribution is 8.00. The first kappa shape index (κ1) is 22.8.